The molecule has 30 heavy (non-hydrogen) atoms. The standard InChI is InChI=1S/C27H23NOS/c1-17-13-16-24(29-19(3)20-9-5-4-6-10-20)22-14-15-23(28-26(17)22)27-18(2)21-11-7-8-12-25(21)30-27/h4-16,19H,1-3H3/t19-/m0/s1. The largest absolute Gasteiger partial charge is 0.485 e. The van der Waals surface area contributed by atoms with E-state index in [-0.39, 0.29) is 6.10 Å². The van der Waals surface area contributed by atoms with Crippen LogP contribution in [-0.4, -0.2) is 4.98 Å². The van der Waals surface area contributed by atoms with Crippen molar-refractivity contribution in [2.45, 2.75) is 26.9 Å². The van der Waals surface area contributed by atoms with E-state index >= 15 is 0 Å². The molecule has 0 amide bonds. The Morgan fingerprint density at radius 1 is 0.800 bits per heavy atom. The van der Waals surface area contributed by atoms with Crippen molar-refractivity contribution in [1.29, 1.82) is 0 Å². The molecule has 3 aromatic carbocycles. The average molecular weight is 410 g/mol. The van der Waals surface area contributed by atoms with Gasteiger partial charge >= 0.3 is 0 Å². The van der Waals surface area contributed by atoms with Gasteiger partial charge in [-0.3, -0.25) is 0 Å². The molecule has 1 atom stereocenters. The van der Waals surface area contributed by atoms with Crippen LogP contribution in [-0.2, 0) is 0 Å². The van der Waals surface area contributed by atoms with Gasteiger partial charge in [-0.2, -0.15) is 0 Å². The third-order valence-corrected chi connectivity index (χ3v) is 6.96. The molecular weight excluding hydrogens is 386 g/mol. The van der Waals surface area contributed by atoms with E-state index in [1.54, 1.807) is 0 Å². The van der Waals surface area contributed by atoms with E-state index in [9.17, 15) is 0 Å². The first-order chi connectivity index (χ1) is 14.6. The lowest BCUT2D eigenvalue weighted by Gasteiger charge is -2.17. The molecule has 0 fully saturated rings. The van der Waals surface area contributed by atoms with Crippen LogP contribution in [0.5, 0.6) is 5.75 Å². The van der Waals surface area contributed by atoms with Crippen molar-refractivity contribution in [1.82, 2.24) is 4.98 Å². The van der Waals surface area contributed by atoms with E-state index in [0.29, 0.717) is 0 Å². The highest BCUT2D eigenvalue weighted by Gasteiger charge is 2.15. The van der Waals surface area contributed by atoms with Gasteiger partial charge in [0.05, 0.1) is 16.1 Å². The average Bonchev–Trinajstić information content (AvgIpc) is 3.13. The maximum absolute atomic E-state index is 6.35. The Bertz CT molecular complexity index is 1350. The maximum atomic E-state index is 6.35. The molecular formula is C27H23NOS. The first-order valence-electron chi connectivity index (χ1n) is 10.2. The second-order valence-corrected chi connectivity index (χ2v) is 8.75. The third kappa shape index (κ3) is 3.25. The molecule has 2 heterocycles. The van der Waals surface area contributed by atoms with Gasteiger partial charge in [0, 0.05) is 10.1 Å². The van der Waals surface area contributed by atoms with Crippen molar-refractivity contribution < 1.29 is 4.74 Å². The van der Waals surface area contributed by atoms with E-state index in [1.807, 2.05) is 29.5 Å². The Morgan fingerprint density at radius 2 is 1.57 bits per heavy atom. The van der Waals surface area contributed by atoms with Gasteiger partial charge in [-0.15, -0.1) is 11.3 Å². The number of aromatic nitrogens is 1. The minimum absolute atomic E-state index is 0.0263. The number of thiophene rings is 1. The molecule has 5 aromatic rings. The topological polar surface area (TPSA) is 22.1 Å². The van der Waals surface area contributed by atoms with Gasteiger partial charge in [0.2, 0.25) is 0 Å². The Hall–Kier alpha value is -3.17. The van der Waals surface area contributed by atoms with Crippen molar-refractivity contribution >= 4 is 32.3 Å². The van der Waals surface area contributed by atoms with Crippen LogP contribution in [0.15, 0.2) is 78.9 Å². The minimum atomic E-state index is -0.0263. The minimum Gasteiger partial charge on any atom is -0.485 e. The Kier molecular flexibility index (Phi) is 4.76. The van der Waals surface area contributed by atoms with Crippen LogP contribution in [0, 0.1) is 13.8 Å². The zero-order valence-electron chi connectivity index (χ0n) is 17.3. The summed E-state index contributed by atoms with van der Waals surface area (Å²) in [6.45, 7) is 6.39. The molecule has 0 radical (unpaired) electrons. The van der Waals surface area contributed by atoms with E-state index in [2.05, 4.69) is 81.4 Å². The van der Waals surface area contributed by atoms with Crippen molar-refractivity contribution in [2.24, 2.45) is 0 Å². The van der Waals surface area contributed by atoms with Crippen LogP contribution in [0.4, 0.5) is 0 Å². The van der Waals surface area contributed by atoms with Crippen LogP contribution in [0.1, 0.15) is 29.7 Å². The fraction of sp³-hybridized carbons (Fsp3) is 0.148. The van der Waals surface area contributed by atoms with E-state index in [1.165, 1.54) is 20.5 Å². The number of nitrogens with zero attached hydrogens (tertiary/aromatic N) is 1. The molecule has 3 heteroatoms. The predicted molar refractivity (Wildman–Crippen MR) is 128 cm³/mol. The number of fused-ring (bicyclic) bond motifs is 2. The fourth-order valence-electron chi connectivity index (χ4n) is 3.96. The van der Waals surface area contributed by atoms with Crippen molar-refractivity contribution in [3.63, 3.8) is 0 Å². The Morgan fingerprint density at radius 3 is 2.37 bits per heavy atom. The SMILES string of the molecule is Cc1c(-c2ccc3c(O[C@@H](C)c4ccccc4)ccc(C)c3n2)sc2ccccc12. The van der Waals surface area contributed by atoms with Crippen molar-refractivity contribution in [3.05, 3.63) is 95.6 Å². The highest BCUT2D eigenvalue weighted by Crippen LogP contribution is 2.39. The molecule has 2 aromatic heterocycles. The molecule has 2 nitrogen and oxygen atoms in total. The molecule has 0 N–H and O–H groups in total. The summed E-state index contributed by atoms with van der Waals surface area (Å²) in [6.07, 6.45) is -0.0263. The summed E-state index contributed by atoms with van der Waals surface area (Å²) < 4.78 is 7.65. The number of hydrogen-bond acceptors (Lipinski definition) is 3. The zero-order valence-corrected chi connectivity index (χ0v) is 18.2. The van der Waals surface area contributed by atoms with Gasteiger partial charge in [0.15, 0.2) is 0 Å². The second kappa shape index (κ2) is 7.58. The van der Waals surface area contributed by atoms with Gasteiger partial charge in [-0.25, -0.2) is 4.98 Å². The molecule has 148 valence electrons. The Labute approximate surface area is 180 Å². The monoisotopic (exact) mass is 409 g/mol. The van der Waals surface area contributed by atoms with Gasteiger partial charge in [0.1, 0.15) is 11.9 Å². The predicted octanol–water partition coefficient (Wildman–Crippen LogP) is 7.87. The van der Waals surface area contributed by atoms with Gasteiger partial charge < -0.3 is 4.74 Å². The number of rotatable bonds is 4. The summed E-state index contributed by atoms with van der Waals surface area (Å²) in [5.41, 5.74) is 5.65. The summed E-state index contributed by atoms with van der Waals surface area (Å²) >= 11 is 1.81. The molecule has 0 aliphatic carbocycles. The van der Waals surface area contributed by atoms with Crippen molar-refractivity contribution in [2.75, 3.05) is 0 Å². The summed E-state index contributed by atoms with van der Waals surface area (Å²) in [6, 6.07) is 27.3. The normalized spacial score (nSPS) is 12.4. The third-order valence-electron chi connectivity index (χ3n) is 5.67. The fourth-order valence-corrected chi connectivity index (χ4v) is 5.14. The molecule has 0 unspecified atom stereocenters. The molecule has 0 aliphatic heterocycles. The summed E-state index contributed by atoms with van der Waals surface area (Å²) in [5, 5.41) is 2.37. The lowest BCUT2D eigenvalue weighted by atomic mass is 10.1. The molecule has 0 aliphatic rings. The number of ether oxygens (including phenoxy) is 1. The van der Waals surface area contributed by atoms with Crippen LogP contribution in [0.25, 0.3) is 31.6 Å². The molecule has 0 spiro atoms. The highest BCUT2D eigenvalue weighted by atomic mass is 32.1. The van der Waals surface area contributed by atoms with Crippen LogP contribution in [0.3, 0.4) is 0 Å². The molecule has 0 bridgehead atoms. The Balaban J connectivity index is 1.58. The number of benzene rings is 3. The van der Waals surface area contributed by atoms with Gasteiger partial charge in [0.25, 0.3) is 0 Å². The van der Waals surface area contributed by atoms with E-state index in [4.69, 9.17) is 9.72 Å². The molecule has 0 saturated carbocycles. The number of hydrogen-bond donors (Lipinski definition) is 0. The zero-order chi connectivity index (χ0) is 20.7. The summed E-state index contributed by atoms with van der Waals surface area (Å²) in [5.74, 6) is 0.874. The lowest BCUT2D eigenvalue weighted by Crippen LogP contribution is -2.03. The smallest absolute Gasteiger partial charge is 0.129 e. The van der Waals surface area contributed by atoms with Gasteiger partial charge in [-0.1, -0.05) is 54.6 Å². The number of pyridine rings is 1. The first kappa shape index (κ1) is 18.8. The van der Waals surface area contributed by atoms with Crippen LogP contribution >= 0.6 is 11.3 Å². The molecule has 0 saturated heterocycles. The summed E-state index contributed by atoms with van der Waals surface area (Å²) in [4.78, 5) is 6.31. The number of aryl methyl sites for hydroxylation is 2. The summed E-state index contributed by atoms with van der Waals surface area (Å²) in [7, 11) is 0. The van der Waals surface area contributed by atoms with Gasteiger partial charge in [-0.05, 0) is 67.1 Å². The van der Waals surface area contributed by atoms with Crippen molar-refractivity contribution in [3.8, 4) is 16.3 Å². The van der Waals surface area contributed by atoms with Crippen LogP contribution < -0.4 is 4.74 Å². The molecule has 5 rings (SSSR count). The van der Waals surface area contributed by atoms with E-state index in [0.717, 1.165) is 33.5 Å². The second-order valence-electron chi connectivity index (χ2n) is 7.70. The maximum Gasteiger partial charge on any atom is 0.129 e. The van der Waals surface area contributed by atoms with Crippen LogP contribution in [0.2, 0.25) is 0 Å². The highest BCUT2D eigenvalue weighted by molar-refractivity contribution is 7.22. The quantitative estimate of drug-likeness (QED) is 0.301. The lowest BCUT2D eigenvalue weighted by molar-refractivity contribution is 0.230. The van der Waals surface area contributed by atoms with E-state index < -0.39 is 0 Å². The first-order valence-corrected chi connectivity index (χ1v) is 11.0.